The summed E-state index contributed by atoms with van der Waals surface area (Å²) < 4.78 is 0. The van der Waals surface area contributed by atoms with Gasteiger partial charge in [-0.05, 0) is 62.6 Å². The van der Waals surface area contributed by atoms with E-state index in [9.17, 15) is 0 Å². The van der Waals surface area contributed by atoms with Gasteiger partial charge in [-0.1, -0.05) is 18.5 Å². The lowest BCUT2D eigenvalue weighted by atomic mass is 9.98. The van der Waals surface area contributed by atoms with Crippen LogP contribution in [0.25, 0.3) is 0 Å². The highest BCUT2D eigenvalue weighted by atomic mass is 35.5. The van der Waals surface area contributed by atoms with E-state index in [1.165, 1.54) is 5.56 Å². The quantitative estimate of drug-likeness (QED) is 0.875. The minimum Gasteiger partial charge on any atom is -0.310 e. The summed E-state index contributed by atoms with van der Waals surface area (Å²) in [5, 5.41) is 4.33. The largest absolute Gasteiger partial charge is 0.310 e. The summed E-state index contributed by atoms with van der Waals surface area (Å²) >= 11 is 6.25. The normalized spacial score (nSPS) is 12.4. The first-order chi connectivity index (χ1) is 10.1. The molecule has 0 spiro atoms. The minimum atomic E-state index is 0.241. The van der Waals surface area contributed by atoms with Gasteiger partial charge in [-0.3, -0.25) is 9.97 Å². The zero-order chi connectivity index (χ0) is 15.2. The molecule has 0 fully saturated rings. The highest BCUT2D eigenvalue weighted by Crippen LogP contribution is 2.23. The summed E-state index contributed by atoms with van der Waals surface area (Å²) in [6, 6.07) is 6.53. The average Bonchev–Trinajstić information content (AvgIpc) is 2.44. The van der Waals surface area contributed by atoms with E-state index in [-0.39, 0.29) is 6.04 Å². The molecule has 0 amide bonds. The number of halogens is 1. The van der Waals surface area contributed by atoms with Crippen LogP contribution in [0.1, 0.15) is 41.9 Å². The highest BCUT2D eigenvalue weighted by Gasteiger charge is 2.14. The van der Waals surface area contributed by atoms with Crippen molar-refractivity contribution in [2.75, 3.05) is 6.54 Å². The van der Waals surface area contributed by atoms with Crippen LogP contribution in [-0.2, 0) is 6.42 Å². The Balaban J connectivity index is 2.27. The number of aryl methyl sites for hydroxylation is 2. The molecule has 1 unspecified atom stereocenters. The molecule has 0 bridgehead atoms. The Morgan fingerprint density at radius 3 is 2.57 bits per heavy atom. The second-order valence-electron chi connectivity index (χ2n) is 5.36. The Labute approximate surface area is 131 Å². The molecule has 112 valence electrons. The van der Waals surface area contributed by atoms with E-state index in [4.69, 9.17) is 11.6 Å². The van der Waals surface area contributed by atoms with Crippen LogP contribution in [0.3, 0.4) is 0 Å². The van der Waals surface area contributed by atoms with Crippen molar-refractivity contribution in [1.29, 1.82) is 0 Å². The van der Waals surface area contributed by atoms with Crippen molar-refractivity contribution >= 4 is 11.6 Å². The standard InChI is InChI=1S/C17H22ClN3/c1-4-6-20-17(10-14-5-7-19-11-16(14)18)15-8-12(2)21-13(3)9-15/h5,7-9,11,17,20H,4,6,10H2,1-3H3. The van der Waals surface area contributed by atoms with E-state index in [0.29, 0.717) is 0 Å². The molecule has 1 N–H and O–H groups in total. The van der Waals surface area contributed by atoms with Gasteiger partial charge in [-0.2, -0.15) is 0 Å². The fraction of sp³-hybridized carbons (Fsp3) is 0.412. The van der Waals surface area contributed by atoms with E-state index >= 15 is 0 Å². The lowest BCUT2D eigenvalue weighted by Gasteiger charge is -2.20. The minimum absolute atomic E-state index is 0.241. The Bertz CT molecular complexity index is 578. The molecule has 3 nitrogen and oxygen atoms in total. The van der Waals surface area contributed by atoms with Gasteiger partial charge in [-0.25, -0.2) is 0 Å². The molecule has 1 atom stereocenters. The second kappa shape index (κ2) is 7.53. The molecule has 0 saturated heterocycles. The third kappa shape index (κ3) is 4.51. The molecule has 2 aromatic rings. The molecule has 21 heavy (non-hydrogen) atoms. The van der Waals surface area contributed by atoms with Gasteiger partial charge in [-0.15, -0.1) is 0 Å². The lowest BCUT2D eigenvalue weighted by Crippen LogP contribution is -2.24. The fourth-order valence-corrected chi connectivity index (χ4v) is 2.68. The number of hydrogen-bond donors (Lipinski definition) is 1. The number of pyridine rings is 2. The SMILES string of the molecule is CCCNC(Cc1ccncc1Cl)c1cc(C)nc(C)c1. The summed E-state index contributed by atoms with van der Waals surface area (Å²) in [4.78, 5) is 8.51. The molecule has 0 radical (unpaired) electrons. The summed E-state index contributed by atoms with van der Waals surface area (Å²) in [7, 11) is 0. The van der Waals surface area contributed by atoms with Gasteiger partial charge in [0.2, 0.25) is 0 Å². The zero-order valence-corrected chi connectivity index (χ0v) is 13.6. The molecule has 0 aromatic carbocycles. The maximum atomic E-state index is 6.25. The molecular formula is C17H22ClN3. The molecule has 0 saturated carbocycles. The van der Waals surface area contributed by atoms with Gasteiger partial charge in [0.1, 0.15) is 0 Å². The van der Waals surface area contributed by atoms with Crippen LogP contribution in [0, 0.1) is 13.8 Å². The predicted molar refractivity (Wildman–Crippen MR) is 87.7 cm³/mol. The van der Waals surface area contributed by atoms with Gasteiger partial charge in [0, 0.05) is 29.8 Å². The summed E-state index contributed by atoms with van der Waals surface area (Å²) in [5.74, 6) is 0. The van der Waals surface area contributed by atoms with E-state index in [2.05, 4.69) is 34.3 Å². The summed E-state index contributed by atoms with van der Waals surface area (Å²) in [5.41, 5.74) is 4.48. The first kappa shape index (κ1) is 15.9. The molecule has 2 heterocycles. The van der Waals surface area contributed by atoms with Crippen molar-refractivity contribution in [2.45, 2.75) is 39.7 Å². The van der Waals surface area contributed by atoms with Gasteiger partial charge in [0.05, 0.1) is 5.02 Å². The average molecular weight is 304 g/mol. The molecule has 0 aliphatic rings. The van der Waals surface area contributed by atoms with Gasteiger partial charge in [0.15, 0.2) is 0 Å². The first-order valence-electron chi connectivity index (χ1n) is 7.37. The number of hydrogen-bond acceptors (Lipinski definition) is 3. The van der Waals surface area contributed by atoms with Crippen molar-refractivity contribution in [3.63, 3.8) is 0 Å². The topological polar surface area (TPSA) is 37.8 Å². The monoisotopic (exact) mass is 303 g/mol. The van der Waals surface area contributed by atoms with Crippen LogP contribution in [0.15, 0.2) is 30.6 Å². The molecule has 0 aliphatic carbocycles. The van der Waals surface area contributed by atoms with E-state index in [1.54, 1.807) is 12.4 Å². The first-order valence-corrected chi connectivity index (χ1v) is 7.75. The fourth-order valence-electron chi connectivity index (χ4n) is 2.48. The van der Waals surface area contributed by atoms with Crippen molar-refractivity contribution in [1.82, 2.24) is 15.3 Å². The Morgan fingerprint density at radius 1 is 1.24 bits per heavy atom. The Kier molecular flexibility index (Phi) is 5.71. The molecule has 0 aliphatic heterocycles. The number of nitrogens with zero attached hydrogens (tertiary/aromatic N) is 2. The number of nitrogens with one attached hydrogen (secondary N) is 1. The molecule has 2 rings (SSSR count). The van der Waals surface area contributed by atoms with Gasteiger partial charge < -0.3 is 5.32 Å². The van der Waals surface area contributed by atoms with E-state index < -0.39 is 0 Å². The van der Waals surface area contributed by atoms with Crippen molar-refractivity contribution in [3.8, 4) is 0 Å². The summed E-state index contributed by atoms with van der Waals surface area (Å²) in [6.45, 7) is 7.22. The second-order valence-corrected chi connectivity index (χ2v) is 5.77. The summed E-state index contributed by atoms with van der Waals surface area (Å²) in [6.07, 6.45) is 5.45. The maximum absolute atomic E-state index is 6.25. The van der Waals surface area contributed by atoms with E-state index in [0.717, 1.165) is 41.4 Å². The van der Waals surface area contributed by atoms with Crippen molar-refractivity contribution in [3.05, 3.63) is 58.1 Å². The molecule has 4 heteroatoms. The maximum Gasteiger partial charge on any atom is 0.0622 e. The third-order valence-corrected chi connectivity index (χ3v) is 3.77. The molecular weight excluding hydrogens is 282 g/mol. The van der Waals surface area contributed by atoms with Crippen LogP contribution in [0.4, 0.5) is 0 Å². The van der Waals surface area contributed by atoms with Crippen LogP contribution < -0.4 is 5.32 Å². The van der Waals surface area contributed by atoms with Crippen LogP contribution in [0.5, 0.6) is 0 Å². The Hall–Kier alpha value is -1.45. The third-order valence-electron chi connectivity index (χ3n) is 3.43. The van der Waals surface area contributed by atoms with Crippen LogP contribution >= 0.6 is 11.6 Å². The van der Waals surface area contributed by atoms with E-state index in [1.807, 2.05) is 19.9 Å². The Morgan fingerprint density at radius 2 is 1.95 bits per heavy atom. The number of aromatic nitrogens is 2. The highest BCUT2D eigenvalue weighted by molar-refractivity contribution is 6.31. The molecule has 2 aromatic heterocycles. The van der Waals surface area contributed by atoms with Crippen LogP contribution in [-0.4, -0.2) is 16.5 Å². The smallest absolute Gasteiger partial charge is 0.0622 e. The van der Waals surface area contributed by atoms with Crippen molar-refractivity contribution < 1.29 is 0 Å². The van der Waals surface area contributed by atoms with Crippen LogP contribution in [0.2, 0.25) is 5.02 Å². The van der Waals surface area contributed by atoms with Gasteiger partial charge >= 0.3 is 0 Å². The predicted octanol–water partition coefficient (Wildman–Crippen LogP) is 4.03. The number of rotatable bonds is 6. The van der Waals surface area contributed by atoms with Gasteiger partial charge in [0.25, 0.3) is 0 Å². The van der Waals surface area contributed by atoms with Crippen molar-refractivity contribution in [2.24, 2.45) is 0 Å². The zero-order valence-electron chi connectivity index (χ0n) is 12.9. The lowest BCUT2D eigenvalue weighted by molar-refractivity contribution is 0.528.